The molecule has 1 aromatic carbocycles. The van der Waals surface area contributed by atoms with E-state index in [0.717, 1.165) is 0 Å². The average Bonchev–Trinajstić information content (AvgIpc) is 2.50. The van der Waals surface area contributed by atoms with Crippen LogP contribution in [0, 0.1) is 11.3 Å². The summed E-state index contributed by atoms with van der Waals surface area (Å²) in [6.07, 6.45) is 0. The molecule has 0 bridgehead atoms. The second-order valence-corrected chi connectivity index (χ2v) is 4.11. The van der Waals surface area contributed by atoms with E-state index in [2.05, 4.69) is 5.32 Å². The van der Waals surface area contributed by atoms with Crippen molar-refractivity contribution in [1.82, 2.24) is 10.2 Å². The third-order valence-electron chi connectivity index (χ3n) is 2.69. The minimum atomic E-state index is -0.368. The van der Waals surface area contributed by atoms with Gasteiger partial charge in [-0.3, -0.25) is 9.59 Å². The zero-order chi connectivity index (χ0) is 15.0. The molecule has 0 saturated carbocycles. The topological polar surface area (TPSA) is 82.4 Å². The van der Waals surface area contributed by atoms with Crippen molar-refractivity contribution < 1.29 is 14.3 Å². The van der Waals surface area contributed by atoms with E-state index < -0.39 is 0 Å². The van der Waals surface area contributed by atoms with Gasteiger partial charge in [0, 0.05) is 13.6 Å². The Kier molecular flexibility index (Phi) is 6.04. The number of benzene rings is 1. The van der Waals surface area contributed by atoms with Gasteiger partial charge in [0.05, 0.1) is 18.2 Å². The van der Waals surface area contributed by atoms with E-state index in [-0.39, 0.29) is 25.0 Å². The van der Waals surface area contributed by atoms with Crippen LogP contribution < -0.4 is 10.1 Å². The van der Waals surface area contributed by atoms with Gasteiger partial charge in [0.15, 0.2) is 6.61 Å². The summed E-state index contributed by atoms with van der Waals surface area (Å²) in [7, 11) is 1.67. The molecule has 1 rings (SSSR count). The summed E-state index contributed by atoms with van der Waals surface area (Å²) in [5.74, 6) is -0.0254. The standard InChI is InChI=1S/C14H17N3O3/c1-3-17(2)14(19)9-16-13(18)10-20-12-6-4-11(8-15)5-7-12/h4-7H,3,9-10H2,1-2H3,(H,16,18). The summed E-state index contributed by atoms with van der Waals surface area (Å²) in [6.45, 7) is 2.24. The highest BCUT2D eigenvalue weighted by Crippen LogP contribution is 2.10. The Morgan fingerprint density at radius 2 is 2.00 bits per heavy atom. The van der Waals surface area contributed by atoms with Crippen molar-refractivity contribution in [2.45, 2.75) is 6.92 Å². The van der Waals surface area contributed by atoms with Gasteiger partial charge < -0.3 is 15.0 Å². The van der Waals surface area contributed by atoms with Crippen LogP contribution in [0.2, 0.25) is 0 Å². The molecule has 0 radical (unpaired) electrons. The van der Waals surface area contributed by atoms with Crippen molar-refractivity contribution in [3.8, 4) is 11.8 Å². The molecule has 2 amide bonds. The van der Waals surface area contributed by atoms with Crippen LogP contribution in [0.4, 0.5) is 0 Å². The summed E-state index contributed by atoms with van der Waals surface area (Å²) in [6, 6.07) is 8.43. The highest BCUT2D eigenvalue weighted by molar-refractivity contribution is 5.85. The lowest BCUT2D eigenvalue weighted by Gasteiger charge is -2.14. The number of rotatable bonds is 6. The number of hydrogen-bond donors (Lipinski definition) is 1. The summed E-state index contributed by atoms with van der Waals surface area (Å²) in [5.41, 5.74) is 0.523. The maximum atomic E-state index is 11.5. The minimum absolute atomic E-state index is 0.0418. The highest BCUT2D eigenvalue weighted by Gasteiger charge is 2.09. The fourth-order valence-electron chi connectivity index (χ4n) is 1.31. The van der Waals surface area contributed by atoms with Crippen LogP contribution in [-0.2, 0) is 9.59 Å². The van der Waals surface area contributed by atoms with Gasteiger partial charge in [-0.1, -0.05) is 0 Å². The van der Waals surface area contributed by atoms with E-state index in [1.807, 2.05) is 13.0 Å². The summed E-state index contributed by atoms with van der Waals surface area (Å²) >= 11 is 0. The minimum Gasteiger partial charge on any atom is -0.484 e. The SMILES string of the molecule is CCN(C)C(=O)CNC(=O)COc1ccc(C#N)cc1. The summed E-state index contributed by atoms with van der Waals surface area (Å²) in [5, 5.41) is 11.1. The molecule has 0 fully saturated rings. The Morgan fingerprint density at radius 3 is 2.55 bits per heavy atom. The Morgan fingerprint density at radius 1 is 1.35 bits per heavy atom. The summed E-state index contributed by atoms with van der Waals surface area (Å²) < 4.78 is 5.24. The fraction of sp³-hybridized carbons (Fsp3) is 0.357. The number of nitriles is 1. The molecule has 6 nitrogen and oxygen atoms in total. The molecule has 0 aromatic heterocycles. The third-order valence-corrected chi connectivity index (χ3v) is 2.69. The molecule has 0 unspecified atom stereocenters. The van der Waals surface area contributed by atoms with Gasteiger partial charge in [0.1, 0.15) is 5.75 Å². The second-order valence-electron chi connectivity index (χ2n) is 4.11. The maximum absolute atomic E-state index is 11.5. The number of carbonyl (C=O) groups is 2. The van der Waals surface area contributed by atoms with Crippen molar-refractivity contribution in [2.24, 2.45) is 0 Å². The van der Waals surface area contributed by atoms with Crippen LogP contribution in [-0.4, -0.2) is 43.5 Å². The van der Waals surface area contributed by atoms with Crippen molar-refractivity contribution in [3.63, 3.8) is 0 Å². The molecule has 0 aliphatic heterocycles. The molecule has 6 heteroatoms. The lowest BCUT2D eigenvalue weighted by Crippen LogP contribution is -2.39. The fourth-order valence-corrected chi connectivity index (χ4v) is 1.31. The van der Waals surface area contributed by atoms with Gasteiger partial charge in [-0.2, -0.15) is 5.26 Å². The van der Waals surface area contributed by atoms with Crippen LogP contribution >= 0.6 is 0 Å². The molecule has 20 heavy (non-hydrogen) atoms. The Balaban J connectivity index is 2.32. The van der Waals surface area contributed by atoms with Gasteiger partial charge in [-0.15, -0.1) is 0 Å². The second kappa shape index (κ2) is 7.79. The van der Waals surface area contributed by atoms with Crippen LogP contribution in [0.1, 0.15) is 12.5 Å². The van der Waals surface area contributed by atoms with Crippen LogP contribution in [0.15, 0.2) is 24.3 Å². The van der Waals surface area contributed by atoms with Gasteiger partial charge >= 0.3 is 0 Å². The van der Waals surface area contributed by atoms with Gasteiger partial charge in [0.25, 0.3) is 5.91 Å². The zero-order valence-electron chi connectivity index (χ0n) is 11.5. The molecule has 0 heterocycles. The highest BCUT2D eigenvalue weighted by atomic mass is 16.5. The Hall–Kier alpha value is -2.55. The smallest absolute Gasteiger partial charge is 0.258 e. The predicted octanol–water partition coefficient (Wildman–Crippen LogP) is 0.532. The molecule has 0 spiro atoms. The van der Waals surface area contributed by atoms with E-state index in [1.165, 1.54) is 4.90 Å². The maximum Gasteiger partial charge on any atom is 0.258 e. The molecule has 1 N–H and O–H groups in total. The Labute approximate surface area is 117 Å². The van der Waals surface area contributed by atoms with E-state index in [9.17, 15) is 9.59 Å². The molecule has 106 valence electrons. The van der Waals surface area contributed by atoms with Crippen LogP contribution in [0.25, 0.3) is 0 Å². The van der Waals surface area contributed by atoms with E-state index in [1.54, 1.807) is 31.3 Å². The number of carbonyl (C=O) groups excluding carboxylic acids is 2. The first-order valence-corrected chi connectivity index (χ1v) is 6.20. The molecular formula is C14H17N3O3. The van der Waals surface area contributed by atoms with Crippen LogP contribution in [0.3, 0.4) is 0 Å². The molecule has 0 saturated heterocycles. The number of hydrogen-bond acceptors (Lipinski definition) is 4. The van der Waals surface area contributed by atoms with Crippen LogP contribution in [0.5, 0.6) is 5.75 Å². The molecule has 0 aliphatic carbocycles. The van der Waals surface area contributed by atoms with Crippen molar-refractivity contribution >= 4 is 11.8 Å². The first-order chi connectivity index (χ1) is 9.56. The molecular weight excluding hydrogens is 258 g/mol. The number of nitrogens with zero attached hydrogens (tertiary/aromatic N) is 2. The van der Waals surface area contributed by atoms with E-state index >= 15 is 0 Å². The summed E-state index contributed by atoms with van der Waals surface area (Å²) in [4.78, 5) is 24.5. The zero-order valence-corrected chi connectivity index (χ0v) is 11.5. The number of likely N-dealkylation sites (N-methyl/N-ethyl adjacent to an activating group) is 1. The number of nitrogens with one attached hydrogen (secondary N) is 1. The van der Waals surface area contributed by atoms with E-state index in [0.29, 0.717) is 17.9 Å². The first-order valence-electron chi connectivity index (χ1n) is 6.20. The third kappa shape index (κ3) is 4.98. The average molecular weight is 275 g/mol. The first kappa shape index (κ1) is 15.5. The quantitative estimate of drug-likeness (QED) is 0.821. The molecule has 1 aromatic rings. The van der Waals surface area contributed by atoms with E-state index in [4.69, 9.17) is 10.00 Å². The molecule has 0 atom stereocenters. The van der Waals surface area contributed by atoms with Gasteiger partial charge in [0.2, 0.25) is 5.91 Å². The van der Waals surface area contributed by atoms with Gasteiger partial charge in [-0.05, 0) is 31.2 Å². The lowest BCUT2D eigenvalue weighted by atomic mass is 10.2. The van der Waals surface area contributed by atoms with Crippen molar-refractivity contribution in [3.05, 3.63) is 29.8 Å². The monoisotopic (exact) mass is 275 g/mol. The van der Waals surface area contributed by atoms with Gasteiger partial charge in [-0.25, -0.2) is 0 Å². The number of amides is 2. The number of ether oxygens (including phenoxy) is 1. The normalized spacial score (nSPS) is 9.45. The van der Waals surface area contributed by atoms with Crippen molar-refractivity contribution in [2.75, 3.05) is 26.7 Å². The molecule has 0 aliphatic rings. The largest absolute Gasteiger partial charge is 0.484 e. The lowest BCUT2D eigenvalue weighted by molar-refractivity contribution is -0.132. The predicted molar refractivity (Wildman–Crippen MR) is 73.0 cm³/mol. The van der Waals surface area contributed by atoms with Crippen molar-refractivity contribution in [1.29, 1.82) is 5.26 Å². The Bertz CT molecular complexity index is 505.